The number of rotatable bonds is 1. The first kappa shape index (κ1) is 12.3. The summed E-state index contributed by atoms with van der Waals surface area (Å²) in [6, 6.07) is 0.764. The van der Waals surface area contributed by atoms with Gasteiger partial charge in [-0.2, -0.15) is 0 Å². The molecule has 1 amide bonds. The lowest BCUT2D eigenvalue weighted by Crippen LogP contribution is -2.42. The second-order valence-electron chi connectivity index (χ2n) is 7.26. The minimum absolute atomic E-state index is 0.136. The molecule has 0 aromatic heterocycles. The van der Waals surface area contributed by atoms with Crippen molar-refractivity contribution >= 4 is 6.09 Å². The number of hydrogen-bond acceptors (Lipinski definition) is 3. The van der Waals surface area contributed by atoms with E-state index in [1.807, 2.05) is 25.7 Å². The number of carbonyl (C=O) groups is 1. The van der Waals surface area contributed by atoms with Crippen molar-refractivity contribution in [1.82, 2.24) is 10.2 Å². The Morgan fingerprint density at radius 2 is 2.11 bits per heavy atom. The Morgan fingerprint density at radius 1 is 1.39 bits per heavy atom. The van der Waals surface area contributed by atoms with E-state index in [1.165, 1.54) is 12.8 Å². The Morgan fingerprint density at radius 3 is 2.67 bits per heavy atom. The van der Waals surface area contributed by atoms with Crippen molar-refractivity contribution in [2.75, 3.05) is 19.6 Å². The number of amides is 1. The highest BCUT2D eigenvalue weighted by molar-refractivity contribution is 5.68. The monoisotopic (exact) mass is 252 g/mol. The van der Waals surface area contributed by atoms with Gasteiger partial charge in [-0.05, 0) is 51.4 Å². The summed E-state index contributed by atoms with van der Waals surface area (Å²) in [5.74, 6) is 0.677. The third kappa shape index (κ3) is 2.00. The summed E-state index contributed by atoms with van der Waals surface area (Å²) in [4.78, 5) is 13.9. The molecule has 1 aliphatic carbocycles. The Kier molecular flexibility index (Phi) is 2.63. The summed E-state index contributed by atoms with van der Waals surface area (Å²) in [5, 5.41) is 3.56. The third-order valence-electron chi connectivity index (χ3n) is 4.75. The van der Waals surface area contributed by atoms with Crippen LogP contribution in [0.5, 0.6) is 0 Å². The van der Waals surface area contributed by atoms with Crippen LogP contribution in [0.1, 0.15) is 40.0 Å². The maximum absolute atomic E-state index is 12.0. The molecule has 4 nitrogen and oxygen atoms in total. The second-order valence-corrected chi connectivity index (χ2v) is 7.26. The lowest BCUT2D eigenvalue weighted by molar-refractivity contribution is 0.0258. The highest BCUT2D eigenvalue weighted by atomic mass is 16.6. The first-order valence-electron chi connectivity index (χ1n) is 7.09. The van der Waals surface area contributed by atoms with E-state index in [0.29, 0.717) is 11.3 Å². The summed E-state index contributed by atoms with van der Waals surface area (Å²) in [5.41, 5.74) is 0.116. The molecule has 1 unspecified atom stereocenters. The number of ether oxygens (including phenoxy) is 1. The molecule has 4 heteroatoms. The molecule has 4 aliphatic rings. The fourth-order valence-electron chi connectivity index (χ4n) is 3.79. The average Bonchev–Trinajstić information content (AvgIpc) is 2.88. The lowest BCUT2D eigenvalue weighted by Gasteiger charge is -2.42. The summed E-state index contributed by atoms with van der Waals surface area (Å²) in [7, 11) is 0. The first-order valence-corrected chi connectivity index (χ1v) is 7.09. The van der Waals surface area contributed by atoms with Gasteiger partial charge < -0.3 is 15.0 Å². The molecule has 18 heavy (non-hydrogen) atoms. The van der Waals surface area contributed by atoms with E-state index in [0.717, 1.165) is 32.1 Å². The third-order valence-corrected chi connectivity index (χ3v) is 4.75. The van der Waals surface area contributed by atoms with Gasteiger partial charge in [0.1, 0.15) is 5.60 Å². The van der Waals surface area contributed by atoms with Crippen LogP contribution in [0.25, 0.3) is 0 Å². The number of hydrogen-bond donors (Lipinski definition) is 1. The molecule has 0 spiro atoms. The van der Waals surface area contributed by atoms with E-state index in [4.69, 9.17) is 4.74 Å². The van der Waals surface area contributed by atoms with Crippen molar-refractivity contribution in [3.63, 3.8) is 0 Å². The van der Waals surface area contributed by atoms with Gasteiger partial charge in [-0.1, -0.05) is 0 Å². The van der Waals surface area contributed by atoms with Crippen molar-refractivity contribution in [1.29, 1.82) is 0 Å². The largest absolute Gasteiger partial charge is 0.444 e. The summed E-state index contributed by atoms with van der Waals surface area (Å²) in [6.45, 7) is 8.69. The van der Waals surface area contributed by atoms with E-state index >= 15 is 0 Å². The van der Waals surface area contributed by atoms with Crippen LogP contribution < -0.4 is 5.32 Å². The van der Waals surface area contributed by atoms with Crippen molar-refractivity contribution in [2.45, 2.75) is 51.7 Å². The topological polar surface area (TPSA) is 41.6 Å². The number of nitrogens with one attached hydrogen (secondary N) is 1. The number of nitrogens with zero attached hydrogens (tertiary/aromatic N) is 1. The van der Waals surface area contributed by atoms with Gasteiger partial charge in [0.15, 0.2) is 0 Å². The van der Waals surface area contributed by atoms with Gasteiger partial charge in [-0.15, -0.1) is 0 Å². The molecule has 102 valence electrons. The zero-order chi connectivity index (χ0) is 13.0. The standard InChI is InChI=1S/C14H24N2O2/c1-13(2,3)18-12(17)16-5-4-10(8-16)14-6-11(7-14)15-9-14/h10-11,15H,4-9H2,1-3H3. The van der Waals surface area contributed by atoms with Gasteiger partial charge in [0.25, 0.3) is 0 Å². The van der Waals surface area contributed by atoms with Crippen LogP contribution in [0.3, 0.4) is 0 Å². The predicted octanol–water partition coefficient (Wildman–Crippen LogP) is 2.00. The van der Waals surface area contributed by atoms with Crippen LogP contribution in [0.2, 0.25) is 0 Å². The fourth-order valence-corrected chi connectivity index (χ4v) is 3.79. The summed E-state index contributed by atoms with van der Waals surface area (Å²) >= 11 is 0. The van der Waals surface area contributed by atoms with Crippen LogP contribution in [-0.4, -0.2) is 42.3 Å². The molecule has 3 saturated heterocycles. The van der Waals surface area contributed by atoms with E-state index < -0.39 is 0 Å². The predicted molar refractivity (Wildman–Crippen MR) is 69.4 cm³/mol. The Balaban J connectivity index is 1.57. The number of fused-ring (bicyclic) bond motifs is 1. The van der Waals surface area contributed by atoms with Crippen LogP contribution >= 0.6 is 0 Å². The van der Waals surface area contributed by atoms with Gasteiger partial charge in [-0.25, -0.2) is 4.79 Å². The van der Waals surface area contributed by atoms with Crippen LogP contribution in [-0.2, 0) is 4.74 Å². The van der Waals surface area contributed by atoms with E-state index in [9.17, 15) is 4.79 Å². The smallest absolute Gasteiger partial charge is 0.410 e. The molecule has 1 atom stereocenters. The Bertz CT molecular complexity index is 350. The summed E-state index contributed by atoms with van der Waals surface area (Å²) in [6.07, 6.45) is 3.65. The van der Waals surface area contributed by atoms with Crippen molar-refractivity contribution < 1.29 is 9.53 Å². The van der Waals surface area contributed by atoms with Crippen LogP contribution in [0, 0.1) is 11.3 Å². The minimum Gasteiger partial charge on any atom is -0.444 e. The van der Waals surface area contributed by atoms with E-state index in [2.05, 4.69) is 5.32 Å². The molecule has 0 aromatic rings. The molecular weight excluding hydrogens is 228 g/mol. The van der Waals surface area contributed by atoms with E-state index in [-0.39, 0.29) is 11.7 Å². The van der Waals surface area contributed by atoms with Gasteiger partial charge in [0.05, 0.1) is 0 Å². The highest BCUT2D eigenvalue weighted by Gasteiger charge is 2.56. The zero-order valence-electron chi connectivity index (χ0n) is 11.7. The van der Waals surface area contributed by atoms with Gasteiger partial charge in [0.2, 0.25) is 0 Å². The zero-order valence-corrected chi connectivity index (χ0v) is 11.7. The first-order chi connectivity index (χ1) is 8.38. The normalized spacial score (nSPS) is 38.7. The van der Waals surface area contributed by atoms with Crippen molar-refractivity contribution in [3.05, 3.63) is 0 Å². The number of carbonyl (C=O) groups excluding carboxylic acids is 1. The fraction of sp³-hybridized carbons (Fsp3) is 0.929. The molecule has 0 aromatic carbocycles. The molecule has 3 heterocycles. The quantitative estimate of drug-likeness (QED) is 0.776. The minimum atomic E-state index is -0.385. The molecule has 1 N–H and O–H groups in total. The molecule has 2 bridgehead atoms. The average molecular weight is 252 g/mol. The maximum Gasteiger partial charge on any atom is 0.410 e. The van der Waals surface area contributed by atoms with Crippen LogP contribution in [0.4, 0.5) is 4.79 Å². The SMILES string of the molecule is CC(C)(C)OC(=O)N1CCC(C23CNC(C2)C3)C1. The van der Waals surface area contributed by atoms with Crippen LogP contribution in [0.15, 0.2) is 0 Å². The molecule has 0 radical (unpaired) electrons. The molecule has 3 aliphatic heterocycles. The van der Waals surface area contributed by atoms with Gasteiger partial charge in [-0.3, -0.25) is 0 Å². The number of likely N-dealkylation sites (tertiary alicyclic amines) is 1. The second kappa shape index (κ2) is 3.86. The Hall–Kier alpha value is -0.770. The molecule has 4 fully saturated rings. The lowest BCUT2D eigenvalue weighted by atomic mass is 9.62. The van der Waals surface area contributed by atoms with E-state index in [1.54, 1.807) is 0 Å². The highest BCUT2D eigenvalue weighted by Crippen LogP contribution is 2.54. The van der Waals surface area contributed by atoms with Gasteiger partial charge >= 0.3 is 6.09 Å². The Labute approximate surface area is 109 Å². The molecule has 4 rings (SSSR count). The maximum atomic E-state index is 12.0. The molecule has 1 saturated carbocycles. The van der Waals surface area contributed by atoms with Gasteiger partial charge in [0, 0.05) is 25.7 Å². The van der Waals surface area contributed by atoms with Crippen molar-refractivity contribution in [2.24, 2.45) is 11.3 Å². The van der Waals surface area contributed by atoms with Crippen molar-refractivity contribution in [3.8, 4) is 0 Å². The molecular formula is C14H24N2O2. The summed E-state index contributed by atoms with van der Waals surface area (Å²) < 4.78 is 5.45.